The molecule has 0 aliphatic carbocycles. The van der Waals surface area contributed by atoms with E-state index in [1.54, 1.807) is 0 Å². The summed E-state index contributed by atoms with van der Waals surface area (Å²) in [6, 6.07) is 8.97. The van der Waals surface area contributed by atoms with Gasteiger partial charge in [-0.05, 0) is 56.4 Å². The first-order chi connectivity index (χ1) is 9.74. The van der Waals surface area contributed by atoms with Gasteiger partial charge in [0, 0.05) is 11.1 Å². The molecule has 1 aromatic heterocycles. The molecule has 0 aliphatic heterocycles. The molecule has 1 heteroatoms. The third-order valence-corrected chi connectivity index (χ3v) is 3.96. The maximum absolute atomic E-state index is 4.94. The highest BCUT2D eigenvalue weighted by molar-refractivity contribution is 5.80. The van der Waals surface area contributed by atoms with Crippen LogP contribution >= 0.6 is 0 Å². The predicted molar refractivity (Wildman–Crippen MR) is 88.3 cm³/mol. The van der Waals surface area contributed by atoms with Crippen molar-refractivity contribution in [3.05, 3.63) is 41.1 Å². The van der Waals surface area contributed by atoms with Crippen LogP contribution in [0.2, 0.25) is 0 Å². The minimum Gasteiger partial charge on any atom is -0.253 e. The van der Waals surface area contributed by atoms with Crippen LogP contribution in [-0.4, -0.2) is 4.98 Å². The Kier molecular flexibility index (Phi) is 5.58. The normalized spacial score (nSPS) is 11.2. The van der Waals surface area contributed by atoms with E-state index in [9.17, 15) is 0 Å². The molecule has 0 amide bonds. The van der Waals surface area contributed by atoms with E-state index >= 15 is 0 Å². The lowest BCUT2D eigenvalue weighted by atomic mass is 9.99. The number of benzene rings is 1. The molecule has 0 spiro atoms. The Morgan fingerprint density at radius 2 is 1.70 bits per heavy atom. The van der Waals surface area contributed by atoms with Gasteiger partial charge in [0.05, 0.1) is 5.52 Å². The van der Waals surface area contributed by atoms with E-state index in [-0.39, 0.29) is 0 Å². The van der Waals surface area contributed by atoms with Crippen LogP contribution in [0, 0.1) is 6.92 Å². The van der Waals surface area contributed by atoms with Crippen LogP contribution in [0.3, 0.4) is 0 Å². The van der Waals surface area contributed by atoms with Crippen molar-refractivity contribution in [2.45, 2.75) is 65.7 Å². The standard InChI is InChI=1S/C19H27N/c1-4-6-8-10-18-16(9-7-5-2)14-17-13-15(3)11-12-19(17)20-18/h11-14H,4-10H2,1-3H3. The molecule has 0 saturated carbocycles. The van der Waals surface area contributed by atoms with Gasteiger partial charge in [0.25, 0.3) is 0 Å². The summed E-state index contributed by atoms with van der Waals surface area (Å²) in [6.45, 7) is 6.67. The maximum atomic E-state index is 4.94. The summed E-state index contributed by atoms with van der Waals surface area (Å²) >= 11 is 0. The van der Waals surface area contributed by atoms with E-state index < -0.39 is 0 Å². The van der Waals surface area contributed by atoms with Gasteiger partial charge in [0.2, 0.25) is 0 Å². The van der Waals surface area contributed by atoms with Crippen molar-refractivity contribution >= 4 is 10.9 Å². The average Bonchev–Trinajstić information content (AvgIpc) is 2.45. The fourth-order valence-corrected chi connectivity index (χ4v) is 2.72. The van der Waals surface area contributed by atoms with Crippen LogP contribution in [0.15, 0.2) is 24.3 Å². The Morgan fingerprint density at radius 3 is 2.45 bits per heavy atom. The molecule has 0 aliphatic rings. The van der Waals surface area contributed by atoms with E-state index in [1.807, 2.05) is 0 Å². The molecule has 108 valence electrons. The average molecular weight is 269 g/mol. The highest BCUT2D eigenvalue weighted by atomic mass is 14.7. The molecule has 2 aromatic rings. The topological polar surface area (TPSA) is 12.9 Å². The van der Waals surface area contributed by atoms with Gasteiger partial charge in [-0.2, -0.15) is 0 Å². The van der Waals surface area contributed by atoms with E-state index in [0.717, 1.165) is 11.9 Å². The molecule has 0 radical (unpaired) electrons. The van der Waals surface area contributed by atoms with Gasteiger partial charge >= 0.3 is 0 Å². The van der Waals surface area contributed by atoms with Crippen molar-refractivity contribution in [3.63, 3.8) is 0 Å². The van der Waals surface area contributed by atoms with Crippen LogP contribution in [-0.2, 0) is 12.8 Å². The minimum absolute atomic E-state index is 1.14. The molecule has 0 unspecified atom stereocenters. The number of hydrogen-bond donors (Lipinski definition) is 0. The lowest BCUT2D eigenvalue weighted by Crippen LogP contribution is -2.00. The predicted octanol–water partition coefficient (Wildman–Crippen LogP) is 5.62. The molecule has 2 rings (SSSR count). The van der Waals surface area contributed by atoms with Crippen LogP contribution < -0.4 is 0 Å². The van der Waals surface area contributed by atoms with Crippen LogP contribution in [0.4, 0.5) is 0 Å². The monoisotopic (exact) mass is 269 g/mol. The van der Waals surface area contributed by atoms with E-state index in [4.69, 9.17) is 4.98 Å². The Labute approximate surface area is 123 Å². The first-order valence-corrected chi connectivity index (χ1v) is 8.13. The molecule has 0 N–H and O–H groups in total. The Hall–Kier alpha value is -1.37. The number of fused-ring (bicyclic) bond motifs is 1. The Balaban J connectivity index is 2.32. The molecule has 20 heavy (non-hydrogen) atoms. The number of unbranched alkanes of at least 4 members (excludes halogenated alkanes) is 3. The second kappa shape index (κ2) is 7.42. The fraction of sp³-hybridized carbons (Fsp3) is 0.526. The quantitative estimate of drug-likeness (QED) is 0.595. The molecule has 0 fully saturated rings. The van der Waals surface area contributed by atoms with Crippen molar-refractivity contribution in [2.75, 3.05) is 0 Å². The number of aryl methyl sites for hydroxylation is 3. The lowest BCUT2D eigenvalue weighted by molar-refractivity contribution is 0.697. The molecular formula is C19H27N. The summed E-state index contributed by atoms with van der Waals surface area (Å²) in [4.78, 5) is 4.94. The molecule has 1 heterocycles. The smallest absolute Gasteiger partial charge is 0.0705 e. The molecule has 0 saturated heterocycles. The van der Waals surface area contributed by atoms with Crippen LogP contribution in [0.25, 0.3) is 10.9 Å². The Bertz CT molecular complexity index is 557. The third-order valence-electron chi connectivity index (χ3n) is 3.96. The van der Waals surface area contributed by atoms with Crippen molar-refractivity contribution in [1.82, 2.24) is 4.98 Å². The second-order valence-corrected chi connectivity index (χ2v) is 5.85. The summed E-state index contributed by atoms with van der Waals surface area (Å²) in [5.74, 6) is 0. The number of hydrogen-bond acceptors (Lipinski definition) is 1. The van der Waals surface area contributed by atoms with E-state index in [0.29, 0.717) is 0 Å². The number of nitrogens with zero attached hydrogens (tertiary/aromatic N) is 1. The second-order valence-electron chi connectivity index (χ2n) is 5.85. The van der Waals surface area contributed by atoms with Crippen molar-refractivity contribution in [1.29, 1.82) is 0 Å². The first-order valence-electron chi connectivity index (χ1n) is 8.13. The highest BCUT2D eigenvalue weighted by Crippen LogP contribution is 2.21. The van der Waals surface area contributed by atoms with Crippen molar-refractivity contribution in [3.8, 4) is 0 Å². The van der Waals surface area contributed by atoms with Crippen LogP contribution in [0.5, 0.6) is 0 Å². The van der Waals surface area contributed by atoms with Crippen molar-refractivity contribution in [2.24, 2.45) is 0 Å². The van der Waals surface area contributed by atoms with Crippen LogP contribution in [0.1, 0.15) is 62.8 Å². The third kappa shape index (κ3) is 3.82. The summed E-state index contributed by atoms with van der Waals surface area (Å²) in [7, 11) is 0. The van der Waals surface area contributed by atoms with Gasteiger partial charge in [-0.3, -0.25) is 4.98 Å². The number of aromatic nitrogens is 1. The fourth-order valence-electron chi connectivity index (χ4n) is 2.72. The van der Waals surface area contributed by atoms with Gasteiger partial charge in [-0.15, -0.1) is 0 Å². The zero-order valence-corrected chi connectivity index (χ0v) is 13.2. The molecule has 1 aromatic carbocycles. The molecule has 0 bridgehead atoms. The zero-order chi connectivity index (χ0) is 14.4. The SMILES string of the molecule is CCCCCc1nc2ccc(C)cc2cc1CCCC. The maximum Gasteiger partial charge on any atom is 0.0705 e. The number of pyridine rings is 1. The molecule has 1 nitrogen and oxygen atoms in total. The summed E-state index contributed by atoms with van der Waals surface area (Å²) < 4.78 is 0. The van der Waals surface area contributed by atoms with E-state index in [2.05, 4.69) is 45.0 Å². The van der Waals surface area contributed by atoms with Gasteiger partial charge < -0.3 is 0 Å². The summed E-state index contributed by atoms with van der Waals surface area (Å²) in [5.41, 5.74) is 5.28. The molecule has 0 atom stereocenters. The molecular weight excluding hydrogens is 242 g/mol. The highest BCUT2D eigenvalue weighted by Gasteiger charge is 2.07. The first kappa shape index (κ1) is 15.0. The number of rotatable bonds is 7. The van der Waals surface area contributed by atoms with Gasteiger partial charge in [0.1, 0.15) is 0 Å². The minimum atomic E-state index is 1.14. The van der Waals surface area contributed by atoms with E-state index in [1.165, 1.54) is 60.7 Å². The van der Waals surface area contributed by atoms with Crippen molar-refractivity contribution < 1.29 is 0 Å². The van der Waals surface area contributed by atoms with Gasteiger partial charge in [0.15, 0.2) is 0 Å². The summed E-state index contributed by atoms with van der Waals surface area (Å²) in [5, 5.41) is 1.30. The zero-order valence-electron chi connectivity index (χ0n) is 13.2. The van der Waals surface area contributed by atoms with Gasteiger partial charge in [-0.1, -0.05) is 44.7 Å². The van der Waals surface area contributed by atoms with Gasteiger partial charge in [-0.25, -0.2) is 0 Å². The largest absolute Gasteiger partial charge is 0.253 e. The lowest BCUT2D eigenvalue weighted by Gasteiger charge is -2.11. The summed E-state index contributed by atoms with van der Waals surface area (Å²) in [6.07, 6.45) is 8.67. The Morgan fingerprint density at radius 1 is 0.900 bits per heavy atom.